The number of fused-ring (bicyclic) bond motifs is 7. The van der Waals surface area contributed by atoms with Crippen LogP contribution in [0.15, 0.2) is 11.6 Å². The molecule has 0 aliphatic heterocycles. The highest BCUT2D eigenvalue weighted by Gasteiger charge is 2.73. The molecule has 1 unspecified atom stereocenters. The van der Waals surface area contributed by atoms with Gasteiger partial charge in [0.1, 0.15) is 0 Å². The van der Waals surface area contributed by atoms with E-state index in [4.69, 9.17) is 0 Å². The topological polar surface area (TPSA) is 94.8 Å². The molecular weight excluding hydrogens is 440 g/mol. The quantitative estimate of drug-likeness (QED) is 0.407. The molecule has 4 fully saturated rings. The lowest BCUT2D eigenvalue weighted by Gasteiger charge is -2.70. The summed E-state index contributed by atoms with van der Waals surface area (Å²) in [4.78, 5) is 26.3. The fourth-order valence-corrected chi connectivity index (χ4v) is 11.0. The average molecular weight is 487 g/mol. The first-order valence-electron chi connectivity index (χ1n) is 14.1. The molecule has 5 rings (SSSR count). The molecule has 10 atom stereocenters. The van der Waals surface area contributed by atoms with Crippen molar-refractivity contribution in [1.82, 2.24) is 0 Å². The molecule has 5 nitrogen and oxygen atoms in total. The highest BCUT2D eigenvalue weighted by atomic mass is 16.4. The summed E-state index contributed by atoms with van der Waals surface area (Å²) in [5.74, 6) is -0.563. The third kappa shape index (κ3) is 2.85. The zero-order valence-corrected chi connectivity index (χ0v) is 22.6. The molecule has 0 amide bonds. The summed E-state index contributed by atoms with van der Waals surface area (Å²) in [6.45, 7) is 13.4. The van der Waals surface area contributed by atoms with Crippen molar-refractivity contribution in [2.75, 3.05) is 0 Å². The van der Waals surface area contributed by atoms with Crippen LogP contribution in [0.4, 0.5) is 0 Å². The second-order valence-electron chi connectivity index (χ2n) is 14.4. The zero-order chi connectivity index (χ0) is 25.8. The van der Waals surface area contributed by atoms with Gasteiger partial charge in [0, 0.05) is 0 Å². The number of carboxylic acids is 2. The molecule has 5 aliphatic carbocycles. The highest BCUT2D eigenvalue weighted by Crippen LogP contribution is 2.75. The minimum atomic E-state index is -1.00. The summed E-state index contributed by atoms with van der Waals surface area (Å²) in [5.41, 5.74) is -1.53. The van der Waals surface area contributed by atoms with Gasteiger partial charge in [-0.1, -0.05) is 53.2 Å². The summed E-state index contributed by atoms with van der Waals surface area (Å²) in [7, 11) is 0. The van der Waals surface area contributed by atoms with Crippen molar-refractivity contribution in [2.24, 2.45) is 56.7 Å². The molecule has 0 radical (unpaired) electrons. The van der Waals surface area contributed by atoms with Gasteiger partial charge < -0.3 is 15.3 Å². The molecule has 0 bridgehead atoms. The van der Waals surface area contributed by atoms with Crippen LogP contribution in [0.5, 0.6) is 0 Å². The fraction of sp³-hybridized carbons (Fsp3) is 0.867. The van der Waals surface area contributed by atoms with Gasteiger partial charge in [-0.2, -0.15) is 0 Å². The zero-order valence-electron chi connectivity index (χ0n) is 22.6. The van der Waals surface area contributed by atoms with Crippen LogP contribution in [0.1, 0.15) is 99.3 Å². The standard InChI is InChI=1S/C30H46O5/c1-17-9-14-29(24(32)33)15-16-30(25(34)35)19(23(29)18(17)2)7-8-21-27(5)12-11-22(31)26(3,4)20(27)10-13-28(21,30)6/h7,17-18,20-23,31H,8-16H2,1-6H3,(H,32,33)(H,34,35)/t17-,18+,20?,21-,22+,23+,27+,28-,29+,30-/m0/s1. The van der Waals surface area contributed by atoms with Crippen LogP contribution in [0.25, 0.3) is 0 Å². The third-order valence-electron chi connectivity index (χ3n) is 13.2. The fourth-order valence-electron chi connectivity index (χ4n) is 11.0. The van der Waals surface area contributed by atoms with E-state index >= 15 is 0 Å². The summed E-state index contributed by atoms with van der Waals surface area (Å²) >= 11 is 0. The number of aliphatic carboxylic acids is 2. The van der Waals surface area contributed by atoms with Crippen LogP contribution in [0.3, 0.4) is 0 Å². The largest absolute Gasteiger partial charge is 0.481 e. The minimum absolute atomic E-state index is 0.0347. The van der Waals surface area contributed by atoms with Crippen molar-refractivity contribution >= 4 is 11.9 Å². The first kappa shape index (κ1) is 25.3. The Morgan fingerprint density at radius 3 is 2.17 bits per heavy atom. The minimum Gasteiger partial charge on any atom is -0.481 e. The molecule has 5 aliphatic rings. The summed E-state index contributed by atoms with van der Waals surface area (Å²) < 4.78 is 0. The first-order chi connectivity index (χ1) is 16.2. The summed E-state index contributed by atoms with van der Waals surface area (Å²) in [5, 5.41) is 32.5. The smallest absolute Gasteiger partial charge is 0.314 e. The number of rotatable bonds is 2. The highest BCUT2D eigenvalue weighted by molar-refractivity contribution is 5.84. The van der Waals surface area contributed by atoms with Gasteiger partial charge in [0.05, 0.1) is 16.9 Å². The van der Waals surface area contributed by atoms with E-state index in [1.54, 1.807) is 0 Å². The second kappa shape index (κ2) is 7.58. The Labute approximate surface area is 210 Å². The van der Waals surface area contributed by atoms with E-state index < -0.39 is 28.2 Å². The van der Waals surface area contributed by atoms with Crippen LogP contribution in [-0.4, -0.2) is 33.4 Å². The Bertz CT molecular complexity index is 968. The number of carboxylic acid groups (broad SMARTS) is 2. The normalized spacial score (nSPS) is 52.7. The monoisotopic (exact) mass is 486 g/mol. The number of aliphatic hydroxyl groups excluding tert-OH is 1. The number of carbonyl (C=O) groups is 2. The van der Waals surface area contributed by atoms with Crippen molar-refractivity contribution in [1.29, 1.82) is 0 Å². The van der Waals surface area contributed by atoms with Gasteiger partial charge in [-0.05, 0) is 104 Å². The maximum atomic E-state index is 13.5. The predicted molar refractivity (Wildman–Crippen MR) is 135 cm³/mol. The van der Waals surface area contributed by atoms with E-state index in [0.717, 1.165) is 44.1 Å². The molecule has 5 heteroatoms. The van der Waals surface area contributed by atoms with Crippen molar-refractivity contribution in [3.05, 3.63) is 11.6 Å². The van der Waals surface area contributed by atoms with Crippen molar-refractivity contribution < 1.29 is 24.9 Å². The lowest BCUT2D eigenvalue weighted by molar-refractivity contribution is -0.216. The Balaban J connectivity index is 1.68. The maximum Gasteiger partial charge on any atom is 0.314 e. The van der Waals surface area contributed by atoms with Crippen LogP contribution in [-0.2, 0) is 9.59 Å². The molecule has 0 spiro atoms. The van der Waals surface area contributed by atoms with Gasteiger partial charge in [0.25, 0.3) is 0 Å². The molecule has 0 aromatic carbocycles. The summed E-state index contributed by atoms with van der Waals surface area (Å²) in [6.07, 6.45) is 8.62. The number of aliphatic hydroxyl groups is 1. The van der Waals surface area contributed by atoms with E-state index in [0.29, 0.717) is 31.1 Å². The molecule has 0 aromatic rings. The van der Waals surface area contributed by atoms with E-state index in [9.17, 15) is 24.9 Å². The van der Waals surface area contributed by atoms with E-state index in [-0.39, 0.29) is 34.7 Å². The second-order valence-corrected chi connectivity index (χ2v) is 14.4. The lowest BCUT2D eigenvalue weighted by Crippen LogP contribution is -2.67. The Hall–Kier alpha value is -1.36. The van der Waals surface area contributed by atoms with Crippen LogP contribution < -0.4 is 0 Å². The van der Waals surface area contributed by atoms with E-state index in [2.05, 4.69) is 47.6 Å². The van der Waals surface area contributed by atoms with Gasteiger partial charge >= 0.3 is 11.9 Å². The van der Waals surface area contributed by atoms with Crippen molar-refractivity contribution in [3.8, 4) is 0 Å². The maximum absolute atomic E-state index is 13.5. The van der Waals surface area contributed by atoms with E-state index in [1.807, 2.05) is 0 Å². The SMILES string of the molecule is C[C@@H]1[C@@H](C)CC[C@@]2(C(=O)O)CC[C@@]3(C(=O)O)C(=CC[C@@H]4[C@]3(C)CCC3C(C)(C)[C@H](O)CC[C@]34C)[C@@H]12. The average Bonchev–Trinajstić information content (AvgIpc) is 2.78. The van der Waals surface area contributed by atoms with Gasteiger partial charge in [0.15, 0.2) is 0 Å². The molecule has 0 heterocycles. The molecule has 4 saturated carbocycles. The van der Waals surface area contributed by atoms with Crippen LogP contribution in [0.2, 0.25) is 0 Å². The number of hydrogen-bond acceptors (Lipinski definition) is 3. The van der Waals surface area contributed by atoms with Crippen LogP contribution in [0, 0.1) is 56.7 Å². The Kier molecular flexibility index (Phi) is 5.48. The van der Waals surface area contributed by atoms with Gasteiger partial charge in [-0.15, -0.1) is 0 Å². The van der Waals surface area contributed by atoms with E-state index in [1.165, 1.54) is 0 Å². The number of hydrogen-bond donors (Lipinski definition) is 3. The molecule has 0 aromatic heterocycles. The number of allylic oxidation sites excluding steroid dienone is 1. The molecule has 3 N–H and O–H groups in total. The Morgan fingerprint density at radius 1 is 0.857 bits per heavy atom. The lowest BCUT2D eigenvalue weighted by atomic mass is 9.33. The van der Waals surface area contributed by atoms with Gasteiger partial charge in [0.2, 0.25) is 0 Å². The summed E-state index contributed by atoms with van der Waals surface area (Å²) in [6, 6.07) is 0. The molecule has 35 heavy (non-hydrogen) atoms. The first-order valence-corrected chi connectivity index (χ1v) is 14.1. The Morgan fingerprint density at radius 2 is 1.54 bits per heavy atom. The van der Waals surface area contributed by atoms with Gasteiger partial charge in [-0.3, -0.25) is 9.59 Å². The van der Waals surface area contributed by atoms with Gasteiger partial charge in [-0.25, -0.2) is 0 Å². The molecular formula is C30H46O5. The third-order valence-corrected chi connectivity index (χ3v) is 13.2. The van der Waals surface area contributed by atoms with Crippen LogP contribution >= 0.6 is 0 Å². The predicted octanol–water partition coefficient (Wildman–Crippen LogP) is 6.15. The van der Waals surface area contributed by atoms with Crippen molar-refractivity contribution in [3.63, 3.8) is 0 Å². The molecule has 0 saturated heterocycles. The molecule has 196 valence electrons. The van der Waals surface area contributed by atoms with Crippen molar-refractivity contribution in [2.45, 2.75) is 105 Å².